The van der Waals surface area contributed by atoms with Gasteiger partial charge in [-0.2, -0.15) is 0 Å². The summed E-state index contributed by atoms with van der Waals surface area (Å²) in [7, 11) is 0. The predicted octanol–water partition coefficient (Wildman–Crippen LogP) is 4.17. The number of para-hydroxylation sites is 1. The molecule has 1 aliphatic rings. The number of aromatic nitrogens is 2. The van der Waals surface area contributed by atoms with Gasteiger partial charge < -0.3 is 15.2 Å². The maximum absolute atomic E-state index is 13.4. The van der Waals surface area contributed by atoms with Gasteiger partial charge in [-0.15, -0.1) is 0 Å². The number of halogens is 1. The summed E-state index contributed by atoms with van der Waals surface area (Å²) in [6.07, 6.45) is 1.46. The van der Waals surface area contributed by atoms with Gasteiger partial charge in [-0.1, -0.05) is 23.4 Å². The highest BCUT2D eigenvalue weighted by molar-refractivity contribution is 6.07. The lowest BCUT2D eigenvalue weighted by Crippen LogP contribution is -2.46. The summed E-state index contributed by atoms with van der Waals surface area (Å²) < 4.78 is 18.7. The van der Waals surface area contributed by atoms with E-state index in [2.05, 4.69) is 25.7 Å². The number of hydrogen-bond donors (Lipinski definition) is 2. The van der Waals surface area contributed by atoms with Crippen LogP contribution in [-0.4, -0.2) is 52.5 Å². The summed E-state index contributed by atoms with van der Waals surface area (Å²) in [6, 6.07) is 17.0. The number of benzene rings is 2. The van der Waals surface area contributed by atoms with E-state index < -0.39 is 0 Å². The first-order chi connectivity index (χ1) is 17.5. The molecule has 3 heterocycles. The van der Waals surface area contributed by atoms with Gasteiger partial charge in [0.25, 0.3) is 11.6 Å². The number of piperidine rings is 1. The lowest BCUT2D eigenvalue weighted by Gasteiger charge is -2.31. The van der Waals surface area contributed by atoms with E-state index in [0.29, 0.717) is 47.5 Å². The molecule has 0 bridgehead atoms. The Kier molecular flexibility index (Phi) is 6.73. The molecule has 2 amide bonds. The topological polar surface area (TPSA) is 100 Å². The van der Waals surface area contributed by atoms with Crippen molar-refractivity contribution in [1.82, 2.24) is 20.4 Å². The monoisotopic (exact) mass is 487 g/mol. The van der Waals surface area contributed by atoms with Crippen LogP contribution < -0.4 is 10.6 Å². The number of hydrogen-bond acceptors (Lipinski definition) is 6. The van der Waals surface area contributed by atoms with Gasteiger partial charge in [-0.05, 0) is 62.2 Å². The lowest BCUT2D eigenvalue weighted by atomic mass is 10.0. The number of likely N-dealkylation sites (tertiary alicyclic amines) is 1. The smallest absolute Gasteiger partial charge is 0.259 e. The Balaban J connectivity index is 1.24. The van der Waals surface area contributed by atoms with Gasteiger partial charge in [0, 0.05) is 30.4 Å². The second kappa shape index (κ2) is 10.2. The van der Waals surface area contributed by atoms with Crippen molar-refractivity contribution >= 4 is 28.6 Å². The highest BCUT2D eigenvalue weighted by Gasteiger charge is 2.25. The molecule has 2 aromatic carbocycles. The number of amides is 2. The molecular weight excluding hydrogens is 461 g/mol. The largest absolute Gasteiger partial charge is 0.349 e. The zero-order valence-corrected chi connectivity index (χ0v) is 19.8. The van der Waals surface area contributed by atoms with Crippen molar-refractivity contribution in [2.45, 2.75) is 25.8 Å². The van der Waals surface area contributed by atoms with Crippen LogP contribution in [0.5, 0.6) is 0 Å². The molecule has 0 atom stereocenters. The van der Waals surface area contributed by atoms with Gasteiger partial charge in [0.15, 0.2) is 0 Å². The van der Waals surface area contributed by atoms with E-state index in [9.17, 15) is 14.0 Å². The first kappa shape index (κ1) is 23.6. The molecule has 4 aromatic rings. The molecule has 0 spiro atoms. The lowest BCUT2D eigenvalue weighted by molar-refractivity contribution is -0.117. The molecule has 184 valence electrons. The Morgan fingerprint density at radius 3 is 2.53 bits per heavy atom. The molecule has 1 aliphatic heterocycles. The number of pyridine rings is 1. The zero-order chi connectivity index (χ0) is 25.1. The summed E-state index contributed by atoms with van der Waals surface area (Å²) in [4.78, 5) is 32.3. The Morgan fingerprint density at radius 2 is 1.81 bits per heavy atom. The highest BCUT2D eigenvalue weighted by atomic mass is 19.1. The third kappa shape index (κ3) is 5.26. The number of carbonyl (C=O) groups excluding carboxylic acids is 2. The van der Waals surface area contributed by atoms with Gasteiger partial charge in [0.2, 0.25) is 5.91 Å². The Morgan fingerprint density at radius 1 is 1.08 bits per heavy atom. The van der Waals surface area contributed by atoms with Gasteiger partial charge in [0.1, 0.15) is 5.82 Å². The summed E-state index contributed by atoms with van der Waals surface area (Å²) in [5.41, 5.74) is 3.21. The van der Waals surface area contributed by atoms with Crippen LogP contribution in [0.4, 0.5) is 10.1 Å². The fourth-order valence-corrected chi connectivity index (χ4v) is 4.47. The van der Waals surface area contributed by atoms with Gasteiger partial charge in [0.05, 0.1) is 28.9 Å². The minimum absolute atomic E-state index is 0.0245. The molecule has 0 aliphatic carbocycles. The van der Waals surface area contributed by atoms with Crippen LogP contribution >= 0.6 is 0 Å². The maximum Gasteiger partial charge on any atom is 0.259 e. The molecule has 0 unspecified atom stereocenters. The number of fused-ring (bicyclic) bond motifs is 1. The van der Waals surface area contributed by atoms with Gasteiger partial charge >= 0.3 is 0 Å². The van der Waals surface area contributed by atoms with Crippen LogP contribution in [0, 0.1) is 12.7 Å². The molecule has 9 heteroatoms. The highest BCUT2D eigenvalue weighted by Crippen LogP contribution is 2.27. The predicted molar refractivity (Wildman–Crippen MR) is 134 cm³/mol. The zero-order valence-electron chi connectivity index (χ0n) is 19.8. The first-order valence-corrected chi connectivity index (χ1v) is 11.9. The van der Waals surface area contributed by atoms with E-state index in [1.54, 1.807) is 25.1 Å². The van der Waals surface area contributed by atoms with Crippen molar-refractivity contribution in [2.24, 2.45) is 0 Å². The fraction of sp³-hybridized carbons (Fsp3) is 0.259. The van der Waals surface area contributed by atoms with Crippen molar-refractivity contribution in [2.75, 3.05) is 25.0 Å². The summed E-state index contributed by atoms with van der Waals surface area (Å²) in [5.74, 6) is -0.645. The molecule has 36 heavy (non-hydrogen) atoms. The number of nitrogens with one attached hydrogen (secondary N) is 2. The summed E-state index contributed by atoms with van der Waals surface area (Å²) in [5, 5.41) is 10.6. The average Bonchev–Trinajstić information content (AvgIpc) is 3.26. The SMILES string of the molecule is Cc1noc2nc(-c3ccc(F)cc3)cc(C(=O)NC3CCN(CC(=O)Nc4ccccc4)CC3)c12. The van der Waals surface area contributed by atoms with Crippen molar-refractivity contribution < 1.29 is 18.5 Å². The van der Waals surface area contributed by atoms with Crippen LogP contribution in [0.3, 0.4) is 0 Å². The molecule has 2 N–H and O–H groups in total. The van der Waals surface area contributed by atoms with E-state index in [-0.39, 0.29) is 29.4 Å². The van der Waals surface area contributed by atoms with E-state index >= 15 is 0 Å². The van der Waals surface area contributed by atoms with Crippen molar-refractivity contribution in [3.63, 3.8) is 0 Å². The number of aryl methyl sites for hydroxylation is 1. The van der Waals surface area contributed by atoms with Crippen LogP contribution in [-0.2, 0) is 4.79 Å². The van der Waals surface area contributed by atoms with Crippen LogP contribution in [0.1, 0.15) is 28.9 Å². The first-order valence-electron chi connectivity index (χ1n) is 11.9. The number of anilines is 1. The fourth-order valence-electron chi connectivity index (χ4n) is 4.47. The summed E-state index contributed by atoms with van der Waals surface area (Å²) in [6.45, 7) is 3.47. The van der Waals surface area contributed by atoms with Crippen molar-refractivity contribution in [3.8, 4) is 11.3 Å². The quantitative estimate of drug-likeness (QED) is 0.423. The Labute approximate surface area is 207 Å². The molecule has 5 rings (SSSR count). The van der Waals surface area contributed by atoms with E-state index in [4.69, 9.17) is 4.52 Å². The molecule has 8 nitrogen and oxygen atoms in total. The minimum atomic E-state index is -0.350. The van der Waals surface area contributed by atoms with Crippen molar-refractivity contribution in [1.29, 1.82) is 0 Å². The Hall–Kier alpha value is -4.11. The second-order valence-electron chi connectivity index (χ2n) is 8.95. The molecule has 0 radical (unpaired) electrons. The molecule has 1 fully saturated rings. The van der Waals surface area contributed by atoms with E-state index in [1.165, 1.54) is 12.1 Å². The van der Waals surface area contributed by atoms with Crippen LogP contribution in [0.15, 0.2) is 65.2 Å². The van der Waals surface area contributed by atoms with E-state index in [0.717, 1.165) is 18.5 Å². The van der Waals surface area contributed by atoms with Gasteiger partial charge in [-0.25, -0.2) is 9.37 Å². The number of rotatable bonds is 6. The van der Waals surface area contributed by atoms with Crippen LogP contribution in [0.25, 0.3) is 22.4 Å². The Bertz CT molecular complexity index is 1380. The standard InChI is InChI=1S/C27H26FN5O3/c1-17-25-22(15-23(31-27(25)36-32-17)18-7-9-19(28)10-8-18)26(35)30-21-11-13-33(14-12-21)16-24(34)29-20-5-3-2-4-6-20/h2-10,15,21H,11-14,16H2,1H3,(H,29,34)(H,30,35). The third-order valence-electron chi connectivity index (χ3n) is 6.35. The minimum Gasteiger partial charge on any atom is -0.349 e. The second-order valence-corrected chi connectivity index (χ2v) is 8.95. The number of nitrogens with zero attached hydrogens (tertiary/aromatic N) is 3. The number of carbonyl (C=O) groups is 2. The molecular formula is C27H26FN5O3. The molecule has 2 aromatic heterocycles. The normalized spacial score (nSPS) is 14.6. The summed E-state index contributed by atoms with van der Waals surface area (Å²) >= 11 is 0. The molecule has 1 saturated heterocycles. The van der Waals surface area contributed by atoms with Crippen molar-refractivity contribution in [3.05, 3.63) is 77.7 Å². The average molecular weight is 488 g/mol. The van der Waals surface area contributed by atoms with Gasteiger partial charge in [-0.3, -0.25) is 14.5 Å². The maximum atomic E-state index is 13.4. The third-order valence-corrected chi connectivity index (χ3v) is 6.35. The molecule has 0 saturated carbocycles. The van der Waals surface area contributed by atoms with Crippen LogP contribution in [0.2, 0.25) is 0 Å². The van der Waals surface area contributed by atoms with E-state index in [1.807, 2.05) is 30.3 Å².